The molecule has 0 aliphatic carbocycles. The molecule has 2 bridgehead atoms. The highest BCUT2D eigenvalue weighted by Gasteiger charge is 2.51. The molecule has 3 aliphatic heterocycles. The Morgan fingerprint density at radius 1 is 1.36 bits per heavy atom. The van der Waals surface area contributed by atoms with E-state index >= 15 is 0 Å². The molecule has 2 atom stereocenters. The maximum atomic E-state index is 5.22. The zero-order valence-electron chi connectivity index (χ0n) is 6.60. The largest absolute Gasteiger partial charge is 0.381 e. The van der Waals surface area contributed by atoms with Crippen LogP contribution in [0.4, 0.5) is 0 Å². The molecule has 3 heterocycles. The van der Waals surface area contributed by atoms with Gasteiger partial charge in [0, 0.05) is 30.6 Å². The Morgan fingerprint density at radius 2 is 2.27 bits per heavy atom. The molecular formula is C8H14N2O. The lowest BCUT2D eigenvalue weighted by molar-refractivity contribution is -0.0711. The van der Waals surface area contributed by atoms with Gasteiger partial charge >= 0.3 is 0 Å². The fourth-order valence-corrected chi connectivity index (χ4v) is 2.53. The molecule has 2 unspecified atom stereocenters. The van der Waals surface area contributed by atoms with E-state index in [9.17, 15) is 0 Å². The number of piperazine rings is 1. The van der Waals surface area contributed by atoms with Crippen molar-refractivity contribution in [2.45, 2.75) is 18.0 Å². The summed E-state index contributed by atoms with van der Waals surface area (Å²) < 4.78 is 5.22. The molecule has 3 nitrogen and oxygen atoms in total. The van der Waals surface area contributed by atoms with Gasteiger partial charge in [0.25, 0.3) is 0 Å². The number of nitrogens with one attached hydrogen (secondary N) is 2. The average Bonchev–Trinajstić information content (AvgIpc) is 2.41. The molecule has 3 rings (SSSR count). The second-order valence-electron chi connectivity index (χ2n) is 4.05. The SMILES string of the molecule is C1NC2(C3COC3)CNC1C2. The molecule has 3 heteroatoms. The standard InChI is InChI=1S/C8H14N2O/c1-7-2-10-8(1,5-9-7)6-3-11-4-6/h6-7,9-10H,1-5H2. The Labute approximate surface area is 66.5 Å². The average molecular weight is 154 g/mol. The van der Waals surface area contributed by atoms with E-state index in [1.807, 2.05) is 0 Å². The van der Waals surface area contributed by atoms with Crippen LogP contribution in [0, 0.1) is 5.92 Å². The fourth-order valence-electron chi connectivity index (χ4n) is 2.53. The number of hydrogen-bond acceptors (Lipinski definition) is 3. The normalized spacial score (nSPS) is 49.6. The summed E-state index contributed by atoms with van der Waals surface area (Å²) in [5.74, 6) is 0.780. The highest BCUT2D eigenvalue weighted by atomic mass is 16.5. The van der Waals surface area contributed by atoms with Crippen LogP contribution in [0.2, 0.25) is 0 Å². The van der Waals surface area contributed by atoms with Crippen molar-refractivity contribution < 1.29 is 4.74 Å². The lowest BCUT2D eigenvalue weighted by atomic mass is 9.83. The van der Waals surface area contributed by atoms with Gasteiger partial charge in [0.2, 0.25) is 0 Å². The zero-order valence-corrected chi connectivity index (χ0v) is 6.60. The van der Waals surface area contributed by atoms with E-state index in [2.05, 4.69) is 10.6 Å². The van der Waals surface area contributed by atoms with E-state index in [0.29, 0.717) is 5.54 Å². The third kappa shape index (κ3) is 0.736. The molecule has 3 aliphatic rings. The van der Waals surface area contributed by atoms with Gasteiger partial charge in [0.15, 0.2) is 0 Å². The van der Waals surface area contributed by atoms with Crippen molar-refractivity contribution in [3.8, 4) is 0 Å². The molecule has 0 amide bonds. The number of ether oxygens (including phenoxy) is 1. The van der Waals surface area contributed by atoms with Crippen LogP contribution in [0.1, 0.15) is 6.42 Å². The topological polar surface area (TPSA) is 33.3 Å². The Morgan fingerprint density at radius 3 is 2.64 bits per heavy atom. The maximum Gasteiger partial charge on any atom is 0.0534 e. The van der Waals surface area contributed by atoms with Crippen molar-refractivity contribution >= 4 is 0 Å². The molecule has 62 valence electrons. The van der Waals surface area contributed by atoms with E-state index < -0.39 is 0 Å². The third-order valence-electron chi connectivity index (χ3n) is 3.44. The number of hydrogen-bond donors (Lipinski definition) is 2. The number of fused-ring (bicyclic) bond motifs is 2. The minimum Gasteiger partial charge on any atom is -0.381 e. The first-order chi connectivity index (χ1) is 5.39. The van der Waals surface area contributed by atoms with Crippen LogP contribution >= 0.6 is 0 Å². The van der Waals surface area contributed by atoms with Crippen LogP contribution in [0.25, 0.3) is 0 Å². The monoisotopic (exact) mass is 154 g/mol. The second-order valence-corrected chi connectivity index (χ2v) is 4.05. The van der Waals surface area contributed by atoms with Gasteiger partial charge in [-0.25, -0.2) is 0 Å². The van der Waals surface area contributed by atoms with Crippen molar-refractivity contribution in [3.05, 3.63) is 0 Å². The Hall–Kier alpha value is -0.120. The molecule has 2 N–H and O–H groups in total. The Bertz CT molecular complexity index is 171. The number of rotatable bonds is 1. The quantitative estimate of drug-likeness (QED) is 0.526. The van der Waals surface area contributed by atoms with Crippen molar-refractivity contribution in [3.63, 3.8) is 0 Å². The molecule has 0 aromatic carbocycles. The van der Waals surface area contributed by atoms with Gasteiger partial charge in [0.05, 0.1) is 13.2 Å². The first kappa shape index (κ1) is 6.40. The van der Waals surface area contributed by atoms with Gasteiger partial charge in [-0.2, -0.15) is 0 Å². The summed E-state index contributed by atoms with van der Waals surface area (Å²) in [6.07, 6.45) is 1.32. The van der Waals surface area contributed by atoms with E-state index in [0.717, 1.165) is 38.3 Å². The van der Waals surface area contributed by atoms with Crippen LogP contribution in [0.15, 0.2) is 0 Å². The van der Waals surface area contributed by atoms with Crippen molar-refractivity contribution in [2.24, 2.45) is 5.92 Å². The molecular weight excluding hydrogens is 140 g/mol. The van der Waals surface area contributed by atoms with Crippen LogP contribution in [-0.2, 0) is 4.74 Å². The van der Waals surface area contributed by atoms with Crippen molar-refractivity contribution in [1.82, 2.24) is 10.6 Å². The summed E-state index contributed by atoms with van der Waals surface area (Å²) in [7, 11) is 0. The van der Waals surface area contributed by atoms with E-state index in [4.69, 9.17) is 4.74 Å². The van der Waals surface area contributed by atoms with Crippen molar-refractivity contribution in [2.75, 3.05) is 26.3 Å². The minimum absolute atomic E-state index is 0.420. The lowest BCUT2D eigenvalue weighted by Gasteiger charge is -2.41. The van der Waals surface area contributed by atoms with E-state index in [-0.39, 0.29) is 0 Å². The second kappa shape index (κ2) is 1.97. The molecule has 0 spiro atoms. The molecule has 0 aromatic heterocycles. The van der Waals surface area contributed by atoms with Gasteiger partial charge in [-0.15, -0.1) is 0 Å². The molecule has 3 fully saturated rings. The summed E-state index contributed by atoms with van der Waals surface area (Å²) >= 11 is 0. The summed E-state index contributed by atoms with van der Waals surface area (Å²) in [4.78, 5) is 0. The molecule has 11 heavy (non-hydrogen) atoms. The summed E-state index contributed by atoms with van der Waals surface area (Å²) in [5.41, 5.74) is 0.420. The molecule has 0 radical (unpaired) electrons. The summed E-state index contributed by atoms with van der Waals surface area (Å²) in [6.45, 7) is 4.27. The Balaban J connectivity index is 1.82. The van der Waals surface area contributed by atoms with Gasteiger partial charge < -0.3 is 15.4 Å². The first-order valence-electron chi connectivity index (χ1n) is 4.45. The zero-order chi connectivity index (χ0) is 7.31. The third-order valence-corrected chi connectivity index (χ3v) is 3.44. The maximum absolute atomic E-state index is 5.22. The minimum atomic E-state index is 0.420. The Kier molecular flexibility index (Phi) is 1.15. The molecule has 0 saturated carbocycles. The predicted molar refractivity (Wildman–Crippen MR) is 41.5 cm³/mol. The van der Waals surface area contributed by atoms with E-state index in [1.165, 1.54) is 6.42 Å². The van der Waals surface area contributed by atoms with E-state index in [1.54, 1.807) is 0 Å². The summed E-state index contributed by atoms with van der Waals surface area (Å²) in [6, 6.07) is 0.746. The molecule has 3 saturated heterocycles. The van der Waals surface area contributed by atoms with Gasteiger partial charge in [-0.1, -0.05) is 0 Å². The highest BCUT2D eigenvalue weighted by molar-refractivity contribution is 5.11. The molecule has 0 aromatic rings. The lowest BCUT2D eigenvalue weighted by Crippen LogP contribution is -2.59. The van der Waals surface area contributed by atoms with Gasteiger partial charge in [0.1, 0.15) is 0 Å². The van der Waals surface area contributed by atoms with Crippen LogP contribution in [-0.4, -0.2) is 37.9 Å². The van der Waals surface area contributed by atoms with Gasteiger partial charge in [-0.3, -0.25) is 0 Å². The summed E-state index contributed by atoms with van der Waals surface area (Å²) in [5, 5.41) is 7.16. The fraction of sp³-hybridized carbons (Fsp3) is 1.00. The van der Waals surface area contributed by atoms with Gasteiger partial charge in [-0.05, 0) is 6.42 Å². The highest BCUT2D eigenvalue weighted by Crippen LogP contribution is 2.36. The first-order valence-corrected chi connectivity index (χ1v) is 4.45. The van der Waals surface area contributed by atoms with Crippen molar-refractivity contribution in [1.29, 1.82) is 0 Å². The van der Waals surface area contributed by atoms with Crippen LogP contribution in [0.5, 0.6) is 0 Å². The predicted octanol–water partition coefficient (Wildman–Crippen LogP) is -0.663. The van der Waals surface area contributed by atoms with Crippen LogP contribution in [0.3, 0.4) is 0 Å². The smallest absolute Gasteiger partial charge is 0.0534 e. The van der Waals surface area contributed by atoms with Crippen LogP contribution < -0.4 is 10.6 Å².